The van der Waals surface area contributed by atoms with Gasteiger partial charge in [0.25, 0.3) is 0 Å². The molecule has 1 saturated heterocycles. The molecule has 86 valence electrons. The average molecular weight is 221 g/mol. The smallest absolute Gasteiger partial charge is 0.415 e. The number of anilines is 1. The lowest BCUT2D eigenvalue weighted by molar-refractivity contribution is 0.143. The van der Waals surface area contributed by atoms with E-state index < -0.39 is 0 Å². The Morgan fingerprint density at radius 2 is 1.88 bits per heavy atom. The van der Waals surface area contributed by atoms with Gasteiger partial charge in [0.2, 0.25) is 0 Å². The third kappa shape index (κ3) is 1.71. The number of rotatable bonds is 2. The van der Waals surface area contributed by atoms with Crippen LogP contribution in [0.4, 0.5) is 10.5 Å². The molecule has 1 heterocycles. The second-order valence-electron chi connectivity index (χ2n) is 3.90. The van der Waals surface area contributed by atoms with Gasteiger partial charge in [-0.1, -0.05) is 0 Å². The molecule has 2 rings (SSSR count). The molecule has 0 spiro atoms. The summed E-state index contributed by atoms with van der Waals surface area (Å²) in [5.74, 6) is 0.775. The summed E-state index contributed by atoms with van der Waals surface area (Å²) < 4.78 is 10.2. The van der Waals surface area contributed by atoms with E-state index in [0.717, 1.165) is 11.4 Å². The molecule has 1 aliphatic heterocycles. The maximum atomic E-state index is 11.6. The minimum atomic E-state index is -0.287. The third-order valence-corrected chi connectivity index (χ3v) is 2.92. The first-order valence-corrected chi connectivity index (χ1v) is 5.27. The third-order valence-electron chi connectivity index (χ3n) is 2.92. The van der Waals surface area contributed by atoms with Crippen molar-refractivity contribution in [2.45, 2.75) is 26.0 Å². The number of hydrogen-bond donors (Lipinski definition) is 0. The summed E-state index contributed by atoms with van der Waals surface area (Å²) in [6, 6.07) is 7.43. The molecule has 4 nitrogen and oxygen atoms in total. The van der Waals surface area contributed by atoms with Crippen LogP contribution in [0.1, 0.15) is 13.8 Å². The Morgan fingerprint density at radius 3 is 2.31 bits per heavy atom. The van der Waals surface area contributed by atoms with Crippen molar-refractivity contribution in [2.75, 3.05) is 12.0 Å². The molecule has 0 aliphatic carbocycles. The first kappa shape index (κ1) is 10.8. The number of ether oxygens (including phenoxy) is 2. The summed E-state index contributed by atoms with van der Waals surface area (Å²) >= 11 is 0. The van der Waals surface area contributed by atoms with Crippen LogP contribution in [0.25, 0.3) is 0 Å². The number of carbonyl (C=O) groups is 1. The summed E-state index contributed by atoms with van der Waals surface area (Å²) in [6.07, 6.45) is -0.361. The van der Waals surface area contributed by atoms with E-state index in [-0.39, 0.29) is 18.2 Å². The Kier molecular flexibility index (Phi) is 2.73. The van der Waals surface area contributed by atoms with Crippen molar-refractivity contribution in [3.63, 3.8) is 0 Å². The molecule has 0 saturated carbocycles. The molecule has 0 N–H and O–H groups in total. The van der Waals surface area contributed by atoms with Crippen LogP contribution in [-0.2, 0) is 4.74 Å². The van der Waals surface area contributed by atoms with Gasteiger partial charge >= 0.3 is 6.09 Å². The van der Waals surface area contributed by atoms with Crippen LogP contribution in [0, 0.1) is 0 Å². The van der Waals surface area contributed by atoms with E-state index in [4.69, 9.17) is 9.47 Å². The van der Waals surface area contributed by atoms with Gasteiger partial charge in [-0.15, -0.1) is 0 Å². The monoisotopic (exact) mass is 221 g/mol. The maximum absolute atomic E-state index is 11.6. The topological polar surface area (TPSA) is 38.8 Å². The highest BCUT2D eigenvalue weighted by atomic mass is 16.6. The van der Waals surface area contributed by atoms with Gasteiger partial charge in [-0.05, 0) is 38.1 Å². The standard InChI is InChI=1S/C12H15NO3/c1-8-9(2)16-12(14)13(8)10-4-6-11(15-3)7-5-10/h4-9H,1-3H3/t8-,9-/m1/s1. The van der Waals surface area contributed by atoms with Gasteiger partial charge in [0.1, 0.15) is 11.9 Å². The van der Waals surface area contributed by atoms with Crippen molar-refractivity contribution in [3.05, 3.63) is 24.3 Å². The first-order valence-electron chi connectivity index (χ1n) is 5.27. The molecule has 16 heavy (non-hydrogen) atoms. The number of carbonyl (C=O) groups excluding carboxylic acids is 1. The molecule has 0 unspecified atom stereocenters. The van der Waals surface area contributed by atoms with E-state index in [1.54, 1.807) is 12.0 Å². The van der Waals surface area contributed by atoms with Crippen molar-refractivity contribution < 1.29 is 14.3 Å². The van der Waals surface area contributed by atoms with Crippen LogP contribution in [0.15, 0.2) is 24.3 Å². The first-order chi connectivity index (χ1) is 7.63. The maximum Gasteiger partial charge on any atom is 0.415 e. The van der Waals surface area contributed by atoms with E-state index in [0.29, 0.717) is 0 Å². The Balaban J connectivity index is 2.26. The largest absolute Gasteiger partial charge is 0.497 e. The normalized spacial score (nSPS) is 24.4. The fraction of sp³-hybridized carbons (Fsp3) is 0.417. The van der Waals surface area contributed by atoms with Crippen molar-refractivity contribution >= 4 is 11.8 Å². The molecule has 0 radical (unpaired) electrons. The van der Waals surface area contributed by atoms with Gasteiger partial charge in [0.15, 0.2) is 0 Å². The van der Waals surface area contributed by atoms with Gasteiger partial charge in [-0.25, -0.2) is 4.79 Å². The van der Waals surface area contributed by atoms with Crippen LogP contribution < -0.4 is 9.64 Å². The summed E-state index contributed by atoms with van der Waals surface area (Å²) in [7, 11) is 1.61. The average Bonchev–Trinajstić information content (AvgIpc) is 2.54. The highest BCUT2D eigenvalue weighted by molar-refractivity contribution is 5.90. The van der Waals surface area contributed by atoms with Crippen molar-refractivity contribution in [2.24, 2.45) is 0 Å². The van der Waals surface area contributed by atoms with Crippen LogP contribution in [-0.4, -0.2) is 25.3 Å². The fourth-order valence-electron chi connectivity index (χ4n) is 1.77. The van der Waals surface area contributed by atoms with E-state index in [1.165, 1.54) is 0 Å². The molecule has 1 fully saturated rings. The second-order valence-corrected chi connectivity index (χ2v) is 3.90. The Morgan fingerprint density at radius 1 is 1.25 bits per heavy atom. The van der Waals surface area contributed by atoms with E-state index in [1.807, 2.05) is 38.1 Å². The quantitative estimate of drug-likeness (QED) is 0.769. The van der Waals surface area contributed by atoms with Crippen LogP contribution >= 0.6 is 0 Å². The summed E-state index contributed by atoms with van der Waals surface area (Å²) in [5.41, 5.74) is 0.836. The Labute approximate surface area is 94.8 Å². The zero-order valence-electron chi connectivity index (χ0n) is 9.64. The van der Waals surface area contributed by atoms with E-state index >= 15 is 0 Å². The van der Waals surface area contributed by atoms with Crippen LogP contribution in [0.5, 0.6) is 5.75 Å². The number of nitrogens with zero attached hydrogens (tertiary/aromatic N) is 1. The zero-order chi connectivity index (χ0) is 11.7. The molecular formula is C12H15NO3. The van der Waals surface area contributed by atoms with Crippen LogP contribution in [0.2, 0.25) is 0 Å². The van der Waals surface area contributed by atoms with Crippen LogP contribution in [0.3, 0.4) is 0 Å². The number of cyclic esters (lactones) is 1. The van der Waals surface area contributed by atoms with Gasteiger partial charge in [0.05, 0.1) is 13.2 Å². The van der Waals surface area contributed by atoms with Crippen molar-refractivity contribution in [3.8, 4) is 5.75 Å². The van der Waals surface area contributed by atoms with Gasteiger partial charge in [-0.3, -0.25) is 4.90 Å². The molecule has 4 heteroatoms. The Hall–Kier alpha value is -1.71. The predicted molar refractivity (Wildman–Crippen MR) is 60.9 cm³/mol. The van der Waals surface area contributed by atoms with E-state index in [9.17, 15) is 4.79 Å². The molecular weight excluding hydrogens is 206 g/mol. The molecule has 2 atom stereocenters. The number of hydrogen-bond acceptors (Lipinski definition) is 3. The fourth-order valence-corrected chi connectivity index (χ4v) is 1.77. The number of benzene rings is 1. The summed E-state index contributed by atoms with van der Waals surface area (Å²) in [4.78, 5) is 13.3. The zero-order valence-corrected chi connectivity index (χ0v) is 9.64. The molecule has 1 aromatic rings. The SMILES string of the molecule is COc1ccc(N2C(=O)O[C@H](C)[C@H]2C)cc1. The summed E-state index contributed by atoms with van der Waals surface area (Å²) in [6.45, 7) is 3.87. The van der Waals surface area contributed by atoms with E-state index in [2.05, 4.69) is 0 Å². The molecule has 1 amide bonds. The predicted octanol–water partition coefficient (Wildman–Crippen LogP) is 2.43. The lowest BCUT2D eigenvalue weighted by atomic mass is 10.2. The minimum absolute atomic E-state index is 0.0564. The van der Waals surface area contributed by atoms with Gasteiger partial charge in [0, 0.05) is 5.69 Å². The van der Waals surface area contributed by atoms with Gasteiger partial charge < -0.3 is 9.47 Å². The minimum Gasteiger partial charge on any atom is -0.497 e. The Bertz CT molecular complexity index is 388. The van der Waals surface area contributed by atoms with Crippen molar-refractivity contribution in [1.29, 1.82) is 0 Å². The molecule has 0 bridgehead atoms. The molecule has 1 aromatic carbocycles. The lowest BCUT2D eigenvalue weighted by Crippen LogP contribution is -2.32. The molecule has 0 aromatic heterocycles. The van der Waals surface area contributed by atoms with Crippen molar-refractivity contribution in [1.82, 2.24) is 0 Å². The second kappa shape index (κ2) is 4.04. The number of methoxy groups -OCH3 is 1. The highest BCUT2D eigenvalue weighted by Gasteiger charge is 2.36. The summed E-state index contributed by atoms with van der Waals surface area (Å²) in [5, 5.41) is 0. The highest BCUT2D eigenvalue weighted by Crippen LogP contribution is 2.27. The van der Waals surface area contributed by atoms with Gasteiger partial charge in [-0.2, -0.15) is 0 Å². The molecule has 1 aliphatic rings. The number of amides is 1. The lowest BCUT2D eigenvalue weighted by Gasteiger charge is -2.19.